The van der Waals surface area contributed by atoms with Gasteiger partial charge in [-0.15, -0.1) is 0 Å². The van der Waals surface area contributed by atoms with Gasteiger partial charge in [-0.25, -0.2) is 0 Å². The van der Waals surface area contributed by atoms with Gasteiger partial charge in [-0.1, -0.05) is 62.0 Å². The summed E-state index contributed by atoms with van der Waals surface area (Å²) in [5.74, 6) is 0. The molecule has 3 rings (SSSR count). The number of halogens is 3. The molecule has 0 N–H and O–H groups in total. The Kier molecular flexibility index (Phi) is 5.89. The molecule has 0 amide bonds. The average Bonchev–Trinajstić information content (AvgIpc) is 2.73. The minimum Gasteiger partial charge on any atom is -0.198 e. The van der Waals surface area contributed by atoms with Gasteiger partial charge in [0.1, 0.15) is 0 Å². The van der Waals surface area contributed by atoms with Crippen LogP contribution >= 0.6 is 0 Å². The second-order valence-corrected chi connectivity index (χ2v) is 6.72. The number of hydrogen-bond donors (Lipinski definition) is 0. The molecule has 3 aromatic rings. The summed E-state index contributed by atoms with van der Waals surface area (Å²) >= 11 is 0. The summed E-state index contributed by atoms with van der Waals surface area (Å²) in [6.45, 7) is 5.77. The zero-order valence-electron chi connectivity index (χ0n) is 16.1. The van der Waals surface area contributed by atoms with E-state index in [9.17, 15) is 13.2 Å². The Balaban J connectivity index is 2.25. The van der Waals surface area contributed by atoms with Gasteiger partial charge < -0.3 is 0 Å². The third kappa shape index (κ3) is 4.25. The van der Waals surface area contributed by atoms with Crippen LogP contribution in [0.3, 0.4) is 0 Å². The van der Waals surface area contributed by atoms with Crippen molar-refractivity contribution in [3.05, 3.63) is 89.5 Å². The lowest BCUT2D eigenvalue weighted by Gasteiger charge is -2.17. The fourth-order valence-electron chi connectivity index (χ4n) is 3.54. The van der Waals surface area contributed by atoms with Gasteiger partial charge in [-0.2, -0.15) is 18.4 Å². The molecular formula is C25H20F3N. The van der Waals surface area contributed by atoms with Crippen LogP contribution in [0.4, 0.5) is 13.2 Å². The van der Waals surface area contributed by atoms with E-state index < -0.39 is 11.7 Å². The van der Waals surface area contributed by atoms with Gasteiger partial charge in [-0.05, 0) is 63.6 Å². The van der Waals surface area contributed by atoms with Crippen molar-refractivity contribution in [1.82, 2.24) is 0 Å². The Bertz CT molecular complexity index is 1090. The molecule has 0 aliphatic carbocycles. The molecule has 146 valence electrons. The molecule has 0 heterocycles. The van der Waals surface area contributed by atoms with E-state index in [1.165, 1.54) is 12.1 Å². The molecule has 0 spiro atoms. The standard InChI is InChI=1S/C25H20F3N/c1-3-17-11-12-20(15-19(17)13-14-29)23-10-6-7-18(4-2)24(23)21-8-5-9-22(16-21)25(26,27)28/h3,5-12,15-16H,1,4,13H2,2H3. The molecule has 0 aliphatic heterocycles. The summed E-state index contributed by atoms with van der Waals surface area (Å²) in [6, 6.07) is 19.1. The predicted octanol–water partition coefficient (Wildman–Crippen LogP) is 7.31. The maximum Gasteiger partial charge on any atom is 0.416 e. The molecule has 1 nitrogen and oxygen atoms in total. The lowest BCUT2D eigenvalue weighted by atomic mass is 9.87. The van der Waals surface area contributed by atoms with Gasteiger partial charge in [0.05, 0.1) is 18.1 Å². The Hall–Kier alpha value is -3.32. The van der Waals surface area contributed by atoms with Crippen LogP contribution in [-0.2, 0) is 19.0 Å². The molecule has 0 radical (unpaired) electrons. The Morgan fingerprint density at radius 1 is 0.966 bits per heavy atom. The highest BCUT2D eigenvalue weighted by molar-refractivity contribution is 5.86. The number of hydrogen-bond acceptors (Lipinski definition) is 1. The van der Waals surface area contributed by atoms with Crippen LogP contribution in [0.5, 0.6) is 0 Å². The van der Waals surface area contributed by atoms with E-state index in [1.54, 1.807) is 12.1 Å². The molecule has 3 aromatic carbocycles. The van der Waals surface area contributed by atoms with Crippen molar-refractivity contribution in [3.63, 3.8) is 0 Å². The van der Waals surface area contributed by atoms with Crippen LogP contribution in [-0.4, -0.2) is 0 Å². The average molecular weight is 391 g/mol. The molecule has 29 heavy (non-hydrogen) atoms. The van der Waals surface area contributed by atoms with Crippen LogP contribution in [0.15, 0.2) is 67.2 Å². The molecule has 0 fully saturated rings. The third-order valence-electron chi connectivity index (χ3n) is 4.95. The number of benzene rings is 3. The van der Waals surface area contributed by atoms with Gasteiger partial charge >= 0.3 is 6.18 Å². The van der Waals surface area contributed by atoms with Gasteiger partial charge in [0.15, 0.2) is 0 Å². The van der Waals surface area contributed by atoms with E-state index in [0.717, 1.165) is 39.4 Å². The lowest BCUT2D eigenvalue weighted by Crippen LogP contribution is -2.05. The Morgan fingerprint density at radius 3 is 2.38 bits per heavy atom. The maximum absolute atomic E-state index is 13.3. The van der Waals surface area contributed by atoms with Crippen LogP contribution in [0.2, 0.25) is 0 Å². The second-order valence-electron chi connectivity index (χ2n) is 6.72. The highest BCUT2D eigenvalue weighted by Crippen LogP contribution is 2.39. The molecular weight excluding hydrogens is 371 g/mol. The van der Waals surface area contributed by atoms with Crippen molar-refractivity contribution in [2.24, 2.45) is 0 Å². The van der Waals surface area contributed by atoms with E-state index in [0.29, 0.717) is 12.0 Å². The molecule has 0 aliphatic rings. The summed E-state index contributed by atoms with van der Waals surface area (Å²) in [7, 11) is 0. The number of nitriles is 1. The molecule has 0 bridgehead atoms. The van der Waals surface area contributed by atoms with Crippen molar-refractivity contribution in [2.75, 3.05) is 0 Å². The molecule has 0 saturated heterocycles. The molecule has 4 heteroatoms. The summed E-state index contributed by atoms with van der Waals surface area (Å²) in [5, 5.41) is 9.13. The SMILES string of the molecule is C=Cc1ccc(-c2cccc(CC)c2-c2cccc(C(F)(F)F)c2)cc1CC#N. The quantitative estimate of drug-likeness (QED) is 0.447. The topological polar surface area (TPSA) is 23.8 Å². The molecule has 0 aromatic heterocycles. The first-order chi connectivity index (χ1) is 13.9. The first kappa shape index (κ1) is 20.4. The van der Waals surface area contributed by atoms with Gasteiger partial charge in [0, 0.05) is 0 Å². The van der Waals surface area contributed by atoms with Crippen molar-refractivity contribution < 1.29 is 13.2 Å². The zero-order chi connectivity index (χ0) is 21.0. The number of alkyl halides is 3. The number of nitrogens with zero attached hydrogens (tertiary/aromatic N) is 1. The minimum atomic E-state index is -4.40. The summed E-state index contributed by atoms with van der Waals surface area (Å²) in [5.41, 5.74) is 5.05. The van der Waals surface area contributed by atoms with Crippen LogP contribution in [0.25, 0.3) is 28.3 Å². The highest BCUT2D eigenvalue weighted by atomic mass is 19.4. The monoisotopic (exact) mass is 391 g/mol. The van der Waals surface area contributed by atoms with E-state index in [2.05, 4.69) is 12.6 Å². The maximum atomic E-state index is 13.3. The third-order valence-corrected chi connectivity index (χ3v) is 4.95. The van der Waals surface area contributed by atoms with Crippen LogP contribution < -0.4 is 0 Å². The molecule has 0 atom stereocenters. The Morgan fingerprint density at radius 2 is 1.72 bits per heavy atom. The van der Waals surface area contributed by atoms with Crippen molar-refractivity contribution in [2.45, 2.75) is 25.9 Å². The normalized spacial score (nSPS) is 11.1. The van der Waals surface area contributed by atoms with Gasteiger partial charge in [-0.3, -0.25) is 0 Å². The van der Waals surface area contributed by atoms with Crippen LogP contribution in [0, 0.1) is 11.3 Å². The fraction of sp³-hybridized carbons (Fsp3) is 0.160. The molecule has 0 saturated carbocycles. The smallest absolute Gasteiger partial charge is 0.198 e. The van der Waals surface area contributed by atoms with Crippen LogP contribution in [0.1, 0.15) is 29.2 Å². The zero-order valence-corrected chi connectivity index (χ0v) is 16.1. The molecule has 0 unspecified atom stereocenters. The summed E-state index contributed by atoms with van der Waals surface area (Å²) < 4.78 is 39.8. The second kappa shape index (κ2) is 8.36. The summed E-state index contributed by atoms with van der Waals surface area (Å²) in [4.78, 5) is 0. The number of rotatable bonds is 5. The lowest BCUT2D eigenvalue weighted by molar-refractivity contribution is -0.137. The van der Waals surface area contributed by atoms with Gasteiger partial charge in [0.2, 0.25) is 0 Å². The van der Waals surface area contributed by atoms with E-state index in [1.807, 2.05) is 43.3 Å². The fourth-order valence-corrected chi connectivity index (χ4v) is 3.54. The Labute approximate surface area is 168 Å². The largest absolute Gasteiger partial charge is 0.416 e. The van der Waals surface area contributed by atoms with Gasteiger partial charge in [0.25, 0.3) is 0 Å². The van der Waals surface area contributed by atoms with Crippen molar-refractivity contribution in [1.29, 1.82) is 5.26 Å². The van der Waals surface area contributed by atoms with Crippen molar-refractivity contribution in [3.8, 4) is 28.3 Å². The van der Waals surface area contributed by atoms with E-state index >= 15 is 0 Å². The van der Waals surface area contributed by atoms with E-state index in [-0.39, 0.29) is 6.42 Å². The predicted molar refractivity (Wildman–Crippen MR) is 111 cm³/mol. The first-order valence-corrected chi connectivity index (χ1v) is 9.31. The highest BCUT2D eigenvalue weighted by Gasteiger charge is 2.30. The van der Waals surface area contributed by atoms with Crippen molar-refractivity contribution >= 4 is 6.08 Å². The first-order valence-electron chi connectivity index (χ1n) is 9.31. The van der Waals surface area contributed by atoms with E-state index in [4.69, 9.17) is 5.26 Å². The summed E-state index contributed by atoms with van der Waals surface area (Å²) in [6.07, 6.45) is -1.77. The minimum absolute atomic E-state index is 0.238. The number of aryl methyl sites for hydroxylation is 1.